The van der Waals surface area contributed by atoms with Crippen LogP contribution in [0, 0.1) is 0 Å². The third-order valence-electron chi connectivity index (χ3n) is 5.48. The van der Waals surface area contributed by atoms with Crippen molar-refractivity contribution in [2.75, 3.05) is 0 Å². The molecule has 0 saturated heterocycles. The largest absolute Gasteiger partial charge is 0.135 e. The Balaban J connectivity index is 1.77. The molecule has 6 aromatic rings. The van der Waals surface area contributed by atoms with Crippen LogP contribution >= 0.6 is 11.3 Å². The lowest BCUT2D eigenvalue weighted by molar-refractivity contribution is 1.72. The predicted octanol–water partition coefficient (Wildman–Crippen LogP) is 8.03. The summed E-state index contributed by atoms with van der Waals surface area (Å²) in [5.41, 5.74) is 2.64. The molecule has 1 aromatic heterocycles. The first-order valence-corrected chi connectivity index (χ1v) is 10.0. The van der Waals surface area contributed by atoms with E-state index < -0.39 is 0 Å². The zero-order chi connectivity index (χ0) is 17.8. The van der Waals surface area contributed by atoms with Gasteiger partial charge in [0.1, 0.15) is 0 Å². The molecule has 0 unspecified atom stereocenters. The fourth-order valence-electron chi connectivity index (χ4n) is 4.27. The molecule has 5 aromatic carbocycles. The van der Waals surface area contributed by atoms with Crippen molar-refractivity contribution < 1.29 is 0 Å². The van der Waals surface area contributed by atoms with Crippen LogP contribution in [0.4, 0.5) is 0 Å². The molecule has 0 radical (unpaired) electrons. The standard InChI is InChI=1S/C26H16S/c1-2-8-18-17(7-1)15-16-21-19(18)10-5-11-20(21)22-12-6-14-25-26(22)23-9-3-4-13-24(23)27-25/h1-16H. The summed E-state index contributed by atoms with van der Waals surface area (Å²) < 4.78 is 2.71. The SMILES string of the molecule is c1ccc2c(c1)ccc1c(-c3cccc4sc5ccccc5c34)cccc12. The molecule has 1 heteroatoms. The van der Waals surface area contributed by atoms with Crippen molar-refractivity contribution in [3.05, 3.63) is 97.1 Å². The van der Waals surface area contributed by atoms with Crippen LogP contribution in [0.1, 0.15) is 0 Å². The van der Waals surface area contributed by atoms with Gasteiger partial charge >= 0.3 is 0 Å². The highest BCUT2D eigenvalue weighted by molar-refractivity contribution is 7.25. The molecular formula is C26H16S. The third kappa shape index (κ3) is 2.16. The predicted molar refractivity (Wildman–Crippen MR) is 120 cm³/mol. The first kappa shape index (κ1) is 15.0. The van der Waals surface area contributed by atoms with Gasteiger partial charge in [-0.2, -0.15) is 0 Å². The van der Waals surface area contributed by atoms with Gasteiger partial charge in [0.15, 0.2) is 0 Å². The molecule has 0 aliphatic heterocycles. The minimum Gasteiger partial charge on any atom is -0.135 e. The molecule has 0 bridgehead atoms. The van der Waals surface area contributed by atoms with E-state index in [4.69, 9.17) is 0 Å². The van der Waals surface area contributed by atoms with Gasteiger partial charge in [0.05, 0.1) is 0 Å². The summed E-state index contributed by atoms with van der Waals surface area (Å²) in [4.78, 5) is 0. The molecule has 0 amide bonds. The number of benzene rings is 5. The number of thiophene rings is 1. The molecule has 27 heavy (non-hydrogen) atoms. The number of rotatable bonds is 1. The maximum atomic E-state index is 2.28. The van der Waals surface area contributed by atoms with Gasteiger partial charge in [-0.25, -0.2) is 0 Å². The summed E-state index contributed by atoms with van der Waals surface area (Å²) >= 11 is 1.88. The average Bonchev–Trinajstić information content (AvgIpc) is 3.12. The highest BCUT2D eigenvalue weighted by atomic mass is 32.1. The van der Waals surface area contributed by atoms with E-state index in [0.29, 0.717) is 0 Å². The summed E-state index contributed by atoms with van der Waals surface area (Å²) in [6.45, 7) is 0. The quantitative estimate of drug-likeness (QED) is 0.260. The molecule has 0 aliphatic rings. The van der Waals surface area contributed by atoms with Gasteiger partial charge in [-0.1, -0.05) is 84.9 Å². The van der Waals surface area contributed by atoms with E-state index in [1.807, 2.05) is 11.3 Å². The zero-order valence-electron chi connectivity index (χ0n) is 14.6. The van der Waals surface area contributed by atoms with Crippen molar-refractivity contribution in [2.45, 2.75) is 0 Å². The Bertz CT molecular complexity index is 1470. The Kier molecular flexibility index (Phi) is 3.14. The summed E-state index contributed by atoms with van der Waals surface area (Å²) in [7, 11) is 0. The second-order valence-corrected chi connectivity index (χ2v) is 8.05. The van der Waals surface area contributed by atoms with Gasteiger partial charge < -0.3 is 0 Å². The van der Waals surface area contributed by atoms with Crippen LogP contribution in [0.3, 0.4) is 0 Å². The molecule has 0 spiro atoms. The third-order valence-corrected chi connectivity index (χ3v) is 6.62. The van der Waals surface area contributed by atoms with Crippen LogP contribution in [-0.4, -0.2) is 0 Å². The molecule has 0 atom stereocenters. The molecule has 0 saturated carbocycles. The van der Waals surface area contributed by atoms with E-state index in [1.54, 1.807) is 0 Å². The Hall–Kier alpha value is -3.16. The molecule has 0 fully saturated rings. The van der Waals surface area contributed by atoms with Crippen LogP contribution in [0.2, 0.25) is 0 Å². The van der Waals surface area contributed by atoms with E-state index in [1.165, 1.54) is 52.8 Å². The van der Waals surface area contributed by atoms with Gasteiger partial charge in [0, 0.05) is 20.2 Å². The smallest absolute Gasteiger partial charge is 0.0361 e. The van der Waals surface area contributed by atoms with Crippen LogP contribution in [0.15, 0.2) is 97.1 Å². The number of fused-ring (bicyclic) bond motifs is 6. The normalized spacial score (nSPS) is 11.7. The van der Waals surface area contributed by atoms with Crippen molar-refractivity contribution in [3.8, 4) is 11.1 Å². The Morgan fingerprint density at radius 1 is 0.407 bits per heavy atom. The second kappa shape index (κ2) is 5.67. The lowest BCUT2D eigenvalue weighted by Crippen LogP contribution is -1.84. The molecule has 126 valence electrons. The summed E-state index contributed by atoms with van der Waals surface area (Å²) in [5.74, 6) is 0. The van der Waals surface area contributed by atoms with Crippen molar-refractivity contribution in [3.63, 3.8) is 0 Å². The van der Waals surface area contributed by atoms with Gasteiger partial charge in [-0.05, 0) is 44.8 Å². The van der Waals surface area contributed by atoms with Crippen molar-refractivity contribution in [1.29, 1.82) is 0 Å². The average molecular weight is 360 g/mol. The lowest BCUT2D eigenvalue weighted by Gasteiger charge is -2.11. The highest BCUT2D eigenvalue weighted by Gasteiger charge is 2.13. The van der Waals surface area contributed by atoms with Gasteiger partial charge in [0.25, 0.3) is 0 Å². The Morgan fingerprint density at radius 3 is 2.07 bits per heavy atom. The first-order chi connectivity index (χ1) is 13.4. The number of hydrogen-bond donors (Lipinski definition) is 0. The minimum atomic E-state index is 1.29. The van der Waals surface area contributed by atoms with E-state index in [9.17, 15) is 0 Å². The van der Waals surface area contributed by atoms with Crippen LogP contribution in [0.5, 0.6) is 0 Å². The maximum absolute atomic E-state index is 2.28. The molecule has 0 aliphatic carbocycles. The molecule has 1 heterocycles. The Labute approximate surface area is 161 Å². The van der Waals surface area contributed by atoms with Crippen molar-refractivity contribution in [2.24, 2.45) is 0 Å². The van der Waals surface area contributed by atoms with Crippen molar-refractivity contribution >= 4 is 53.1 Å². The minimum absolute atomic E-state index is 1.29. The highest BCUT2D eigenvalue weighted by Crippen LogP contribution is 2.42. The van der Waals surface area contributed by atoms with Crippen LogP contribution in [-0.2, 0) is 0 Å². The summed E-state index contributed by atoms with van der Waals surface area (Å²) in [6, 6.07) is 35.3. The number of hydrogen-bond acceptors (Lipinski definition) is 1. The molecule has 0 nitrogen and oxygen atoms in total. The van der Waals surface area contributed by atoms with Crippen LogP contribution in [0.25, 0.3) is 52.8 Å². The zero-order valence-corrected chi connectivity index (χ0v) is 15.5. The van der Waals surface area contributed by atoms with Gasteiger partial charge in [-0.15, -0.1) is 11.3 Å². The summed E-state index contributed by atoms with van der Waals surface area (Å²) in [6.07, 6.45) is 0. The molecule has 0 N–H and O–H groups in total. The lowest BCUT2D eigenvalue weighted by atomic mass is 9.92. The monoisotopic (exact) mass is 360 g/mol. The van der Waals surface area contributed by atoms with E-state index in [0.717, 1.165) is 0 Å². The molecular weight excluding hydrogens is 344 g/mol. The van der Waals surface area contributed by atoms with Crippen molar-refractivity contribution in [1.82, 2.24) is 0 Å². The topological polar surface area (TPSA) is 0 Å². The van der Waals surface area contributed by atoms with E-state index in [-0.39, 0.29) is 0 Å². The van der Waals surface area contributed by atoms with E-state index in [2.05, 4.69) is 97.1 Å². The fraction of sp³-hybridized carbons (Fsp3) is 0. The summed E-state index contributed by atoms with van der Waals surface area (Å²) in [5, 5.41) is 7.98. The Morgan fingerprint density at radius 2 is 1.11 bits per heavy atom. The van der Waals surface area contributed by atoms with E-state index >= 15 is 0 Å². The fourth-order valence-corrected chi connectivity index (χ4v) is 5.41. The van der Waals surface area contributed by atoms with Crippen LogP contribution < -0.4 is 0 Å². The van der Waals surface area contributed by atoms with Gasteiger partial charge in [0.2, 0.25) is 0 Å². The second-order valence-electron chi connectivity index (χ2n) is 6.96. The first-order valence-electron chi connectivity index (χ1n) is 9.21. The molecule has 6 rings (SSSR count). The maximum Gasteiger partial charge on any atom is 0.0361 e. The van der Waals surface area contributed by atoms with Gasteiger partial charge in [-0.3, -0.25) is 0 Å².